The van der Waals surface area contributed by atoms with E-state index in [1.165, 1.54) is 12.1 Å². The summed E-state index contributed by atoms with van der Waals surface area (Å²) >= 11 is 1.65. The topological polar surface area (TPSA) is 74.3 Å². The summed E-state index contributed by atoms with van der Waals surface area (Å²) in [4.78, 5) is 30.5. The molecule has 1 aliphatic rings. The Morgan fingerprint density at radius 3 is 2.76 bits per heavy atom. The Balaban J connectivity index is 1.45. The van der Waals surface area contributed by atoms with Crippen molar-refractivity contribution in [1.29, 1.82) is 0 Å². The van der Waals surface area contributed by atoms with Gasteiger partial charge in [-0.1, -0.05) is 19.9 Å². The SMILES string of the molecule is CC(C)C(=O)NCCc1csc(C2CCN(C(=O)Nc3cccc(F)c3)CC2)n1. The molecule has 2 heterocycles. The number of likely N-dealkylation sites (tertiary alicyclic amines) is 1. The summed E-state index contributed by atoms with van der Waals surface area (Å²) in [5.74, 6) is 0.0238. The molecule has 0 unspecified atom stereocenters. The van der Waals surface area contributed by atoms with Crippen LogP contribution in [0.4, 0.5) is 14.9 Å². The number of amides is 3. The normalized spacial score (nSPS) is 14.8. The second kappa shape index (κ2) is 9.82. The number of carbonyl (C=O) groups is 2. The molecule has 1 aromatic heterocycles. The van der Waals surface area contributed by atoms with E-state index in [-0.39, 0.29) is 23.7 Å². The van der Waals surface area contributed by atoms with Gasteiger partial charge in [-0.15, -0.1) is 11.3 Å². The van der Waals surface area contributed by atoms with Crippen molar-refractivity contribution in [2.45, 2.75) is 39.0 Å². The third-order valence-corrected chi connectivity index (χ3v) is 6.04. The summed E-state index contributed by atoms with van der Waals surface area (Å²) in [6, 6.07) is 5.71. The minimum Gasteiger partial charge on any atom is -0.355 e. The minimum atomic E-state index is -0.371. The number of benzene rings is 1. The van der Waals surface area contributed by atoms with E-state index in [1.54, 1.807) is 28.4 Å². The number of carbonyl (C=O) groups excluding carboxylic acids is 2. The van der Waals surface area contributed by atoms with E-state index in [2.05, 4.69) is 16.0 Å². The highest BCUT2D eigenvalue weighted by Crippen LogP contribution is 2.30. The molecule has 2 aromatic rings. The average molecular weight is 419 g/mol. The molecule has 2 N–H and O–H groups in total. The minimum absolute atomic E-state index is 0.00991. The van der Waals surface area contributed by atoms with Crippen LogP contribution in [0.1, 0.15) is 43.3 Å². The third kappa shape index (κ3) is 6.00. The zero-order chi connectivity index (χ0) is 20.8. The fourth-order valence-electron chi connectivity index (χ4n) is 3.24. The van der Waals surface area contributed by atoms with Crippen LogP contribution in [0.3, 0.4) is 0 Å². The quantitative estimate of drug-likeness (QED) is 0.744. The summed E-state index contributed by atoms with van der Waals surface area (Å²) < 4.78 is 13.3. The van der Waals surface area contributed by atoms with Gasteiger partial charge in [0.2, 0.25) is 5.91 Å². The highest BCUT2D eigenvalue weighted by Gasteiger charge is 2.25. The average Bonchev–Trinajstić information content (AvgIpc) is 3.17. The lowest BCUT2D eigenvalue weighted by atomic mass is 9.98. The van der Waals surface area contributed by atoms with Gasteiger partial charge in [-0.05, 0) is 31.0 Å². The van der Waals surface area contributed by atoms with Crippen LogP contribution < -0.4 is 10.6 Å². The first-order chi connectivity index (χ1) is 13.9. The van der Waals surface area contributed by atoms with Crippen molar-refractivity contribution in [2.24, 2.45) is 5.92 Å². The van der Waals surface area contributed by atoms with Crippen molar-refractivity contribution in [3.05, 3.63) is 46.2 Å². The molecule has 0 saturated carbocycles. The number of aromatic nitrogens is 1. The van der Waals surface area contributed by atoms with E-state index >= 15 is 0 Å². The molecular weight excluding hydrogens is 391 g/mol. The molecule has 0 atom stereocenters. The molecule has 156 valence electrons. The van der Waals surface area contributed by atoms with Crippen molar-refractivity contribution in [2.75, 3.05) is 25.0 Å². The number of anilines is 1. The maximum absolute atomic E-state index is 13.3. The van der Waals surface area contributed by atoms with Gasteiger partial charge in [0, 0.05) is 49.0 Å². The standard InChI is InChI=1S/C21H27FN4O2S/c1-14(2)19(27)23-9-6-18-13-29-20(24-18)15-7-10-26(11-8-15)21(28)25-17-5-3-4-16(22)12-17/h3-5,12-15H,6-11H2,1-2H3,(H,23,27)(H,25,28). The van der Waals surface area contributed by atoms with Crippen LogP contribution in [0.15, 0.2) is 29.6 Å². The van der Waals surface area contributed by atoms with E-state index < -0.39 is 0 Å². The molecule has 0 aliphatic carbocycles. The summed E-state index contributed by atoms with van der Waals surface area (Å²) in [6.07, 6.45) is 2.44. The maximum Gasteiger partial charge on any atom is 0.321 e. The first-order valence-electron chi connectivity index (χ1n) is 9.96. The summed E-state index contributed by atoms with van der Waals surface area (Å²) in [7, 11) is 0. The summed E-state index contributed by atoms with van der Waals surface area (Å²) in [5, 5.41) is 8.82. The number of hydrogen-bond donors (Lipinski definition) is 2. The maximum atomic E-state index is 13.3. The lowest BCUT2D eigenvalue weighted by molar-refractivity contribution is -0.123. The highest BCUT2D eigenvalue weighted by atomic mass is 32.1. The number of hydrogen-bond acceptors (Lipinski definition) is 4. The second-order valence-electron chi connectivity index (χ2n) is 7.57. The zero-order valence-corrected chi connectivity index (χ0v) is 17.6. The van der Waals surface area contributed by atoms with Crippen LogP contribution in [0.5, 0.6) is 0 Å². The number of thiazole rings is 1. The number of rotatable bonds is 6. The molecule has 3 amide bonds. The predicted molar refractivity (Wildman–Crippen MR) is 113 cm³/mol. The van der Waals surface area contributed by atoms with Crippen LogP contribution in [0.2, 0.25) is 0 Å². The van der Waals surface area contributed by atoms with Crippen LogP contribution in [-0.4, -0.2) is 41.5 Å². The van der Waals surface area contributed by atoms with Crippen molar-refractivity contribution in [1.82, 2.24) is 15.2 Å². The van der Waals surface area contributed by atoms with Crippen molar-refractivity contribution in [3.8, 4) is 0 Å². The van der Waals surface area contributed by atoms with Gasteiger partial charge in [0.25, 0.3) is 0 Å². The Morgan fingerprint density at radius 2 is 2.07 bits per heavy atom. The first-order valence-corrected chi connectivity index (χ1v) is 10.8. The summed E-state index contributed by atoms with van der Waals surface area (Å²) in [5.41, 5.74) is 1.46. The monoisotopic (exact) mass is 418 g/mol. The fourth-order valence-corrected chi connectivity index (χ4v) is 4.27. The van der Waals surface area contributed by atoms with E-state index in [9.17, 15) is 14.0 Å². The molecule has 6 nitrogen and oxygen atoms in total. The van der Waals surface area contributed by atoms with Gasteiger partial charge >= 0.3 is 6.03 Å². The molecule has 1 aromatic carbocycles. The molecular formula is C21H27FN4O2S. The van der Waals surface area contributed by atoms with Gasteiger partial charge in [-0.25, -0.2) is 14.2 Å². The van der Waals surface area contributed by atoms with Crippen LogP contribution in [0.25, 0.3) is 0 Å². The van der Waals surface area contributed by atoms with Crippen molar-refractivity contribution >= 4 is 29.0 Å². The Labute approximate surface area is 174 Å². The van der Waals surface area contributed by atoms with Gasteiger partial charge in [0.1, 0.15) is 5.82 Å². The van der Waals surface area contributed by atoms with Crippen LogP contribution >= 0.6 is 11.3 Å². The number of piperidine rings is 1. The van der Waals surface area contributed by atoms with E-state index in [0.29, 0.717) is 31.2 Å². The number of nitrogens with zero attached hydrogens (tertiary/aromatic N) is 2. The lowest BCUT2D eigenvalue weighted by Gasteiger charge is -2.31. The Bertz CT molecular complexity index is 847. The fraction of sp³-hybridized carbons (Fsp3) is 0.476. The molecule has 29 heavy (non-hydrogen) atoms. The van der Waals surface area contributed by atoms with Gasteiger partial charge in [-0.3, -0.25) is 4.79 Å². The Kier molecular flexibility index (Phi) is 7.19. The second-order valence-corrected chi connectivity index (χ2v) is 8.46. The third-order valence-electron chi connectivity index (χ3n) is 4.98. The van der Waals surface area contributed by atoms with Gasteiger partial charge in [0.05, 0.1) is 10.7 Å². The molecule has 0 bridgehead atoms. The van der Waals surface area contributed by atoms with Crippen molar-refractivity contribution in [3.63, 3.8) is 0 Å². The largest absolute Gasteiger partial charge is 0.355 e. The highest BCUT2D eigenvalue weighted by molar-refractivity contribution is 7.09. The van der Waals surface area contributed by atoms with Gasteiger partial charge in [0.15, 0.2) is 0 Å². The molecule has 1 aliphatic heterocycles. The Hall–Kier alpha value is -2.48. The lowest BCUT2D eigenvalue weighted by Crippen LogP contribution is -2.40. The molecule has 1 fully saturated rings. The van der Waals surface area contributed by atoms with Gasteiger partial charge in [-0.2, -0.15) is 0 Å². The number of urea groups is 1. The summed E-state index contributed by atoms with van der Waals surface area (Å²) in [6.45, 7) is 5.64. The smallest absolute Gasteiger partial charge is 0.321 e. The molecule has 0 radical (unpaired) electrons. The van der Waals surface area contributed by atoms with E-state index in [0.717, 1.165) is 30.0 Å². The first kappa shape index (κ1) is 21.2. The molecule has 0 spiro atoms. The van der Waals surface area contributed by atoms with E-state index in [4.69, 9.17) is 4.98 Å². The van der Waals surface area contributed by atoms with Crippen LogP contribution in [0, 0.1) is 11.7 Å². The van der Waals surface area contributed by atoms with Crippen LogP contribution in [-0.2, 0) is 11.2 Å². The Morgan fingerprint density at radius 1 is 1.31 bits per heavy atom. The van der Waals surface area contributed by atoms with Crippen molar-refractivity contribution < 1.29 is 14.0 Å². The van der Waals surface area contributed by atoms with Gasteiger partial charge < -0.3 is 15.5 Å². The molecule has 8 heteroatoms. The number of nitrogens with one attached hydrogen (secondary N) is 2. The zero-order valence-electron chi connectivity index (χ0n) is 16.8. The number of halogens is 1. The van der Waals surface area contributed by atoms with E-state index in [1.807, 2.05) is 13.8 Å². The molecule has 3 rings (SSSR count). The molecule has 1 saturated heterocycles. The predicted octanol–water partition coefficient (Wildman–Crippen LogP) is 4.01.